The molecule has 2 rings (SSSR count). The molecule has 112 valence electrons. The van der Waals surface area contributed by atoms with Crippen molar-refractivity contribution in [1.29, 1.82) is 0 Å². The Morgan fingerprint density at radius 3 is 2.57 bits per heavy atom. The average molecular weight is 304 g/mol. The van der Waals surface area contributed by atoms with E-state index >= 15 is 0 Å². The highest BCUT2D eigenvalue weighted by atomic mass is 35.5. The highest BCUT2D eigenvalue weighted by Crippen LogP contribution is 2.35. The number of benzene rings is 2. The Bertz CT molecular complexity index is 598. The summed E-state index contributed by atoms with van der Waals surface area (Å²) in [5.74, 6) is 2.05. The Morgan fingerprint density at radius 2 is 1.90 bits per heavy atom. The highest BCUT2D eigenvalue weighted by Gasteiger charge is 2.12. The normalized spacial score (nSPS) is 12.2. The third-order valence-electron chi connectivity index (χ3n) is 3.66. The predicted molar refractivity (Wildman–Crippen MR) is 89.4 cm³/mol. The van der Waals surface area contributed by atoms with Gasteiger partial charge in [0, 0.05) is 6.54 Å². The lowest BCUT2D eigenvalue weighted by atomic mass is 9.98. The molecule has 0 aliphatic heterocycles. The zero-order valence-corrected chi connectivity index (χ0v) is 13.6. The number of hydrogen-bond donors (Lipinski definition) is 1. The van der Waals surface area contributed by atoms with Gasteiger partial charge in [0.1, 0.15) is 11.5 Å². The van der Waals surface area contributed by atoms with E-state index in [1.54, 1.807) is 0 Å². The van der Waals surface area contributed by atoms with Gasteiger partial charge in [0.2, 0.25) is 0 Å². The Hall–Kier alpha value is -1.51. The molecule has 0 radical (unpaired) electrons. The minimum Gasteiger partial charge on any atom is -0.456 e. The molecule has 0 aliphatic carbocycles. The van der Waals surface area contributed by atoms with Crippen molar-refractivity contribution in [2.24, 2.45) is 0 Å². The topological polar surface area (TPSA) is 21.3 Å². The van der Waals surface area contributed by atoms with Gasteiger partial charge in [-0.15, -0.1) is 0 Å². The molecule has 0 bridgehead atoms. The molecule has 3 heteroatoms. The second-order valence-electron chi connectivity index (χ2n) is 5.24. The van der Waals surface area contributed by atoms with Crippen LogP contribution in [0.1, 0.15) is 37.3 Å². The zero-order chi connectivity index (χ0) is 15.2. The number of para-hydroxylation sites is 1. The molecule has 2 nitrogen and oxygen atoms in total. The fraction of sp³-hybridized carbons (Fsp3) is 0.333. The molecular weight excluding hydrogens is 282 g/mol. The van der Waals surface area contributed by atoms with Crippen molar-refractivity contribution in [3.05, 3.63) is 58.6 Å². The largest absolute Gasteiger partial charge is 0.456 e. The van der Waals surface area contributed by atoms with Crippen molar-refractivity contribution in [1.82, 2.24) is 5.32 Å². The van der Waals surface area contributed by atoms with E-state index in [0.717, 1.165) is 24.3 Å². The van der Waals surface area contributed by atoms with E-state index in [-0.39, 0.29) is 0 Å². The molecule has 0 heterocycles. The molecular formula is C18H22ClNO. The van der Waals surface area contributed by atoms with Gasteiger partial charge in [0.25, 0.3) is 0 Å². The quantitative estimate of drug-likeness (QED) is 0.775. The van der Waals surface area contributed by atoms with E-state index < -0.39 is 0 Å². The molecule has 2 aromatic rings. The van der Waals surface area contributed by atoms with Crippen molar-refractivity contribution in [2.45, 2.75) is 32.7 Å². The van der Waals surface area contributed by atoms with Crippen LogP contribution in [-0.4, -0.2) is 7.05 Å². The van der Waals surface area contributed by atoms with Crippen LogP contribution in [-0.2, 0) is 6.54 Å². The second-order valence-corrected chi connectivity index (χ2v) is 5.65. The molecule has 0 fully saturated rings. The molecule has 0 aromatic heterocycles. The van der Waals surface area contributed by atoms with Crippen LogP contribution < -0.4 is 10.1 Å². The van der Waals surface area contributed by atoms with Gasteiger partial charge in [-0.3, -0.25) is 0 Å². The lowest BCUT2D eigenvalue weighted by molar-refractivity contribution is 0.470. The van der Waals surface area contributed by atoms with Gasteiger partial charge in [0.05, 0.1) is 5.02 Å². The van der Waals surface area contributed by atoms with E-state index in [2.05, 4.69) is 25.2 Å². The van der Waals surface area contributed by atoms with Gasteiger partial charge in [0.15, 0.2) is 0 Å². The Morgan fingerprint density at radius 1 is 1.14 bits per heavy atom. The zero-order valence-electron chi connectivity index (χ0n) is 12.8. The number of nitrogens with one attached hydrogen (secondary N) is 1. The first kappa shape index (κ1) is 15.9. The minimum absolute atomic E-state index is 0.462. The summed E-state index contributed by atoms with van der Waals surface area (Å²) in [4.78, 5) is 0. The number of halogens is 1. The first-order valence-corrected chi connectivity index (χ1v) is 7.73. The molecule has 0 aliphatic rings. The molecule has 0 saturated heterocycles. The summed E-state index contributed by atoms with van der Waals surface area (Å²) in [6, 6.07) is 14.1. The van der Waals surface area contributed by atoms with Gasteiger partial charge in [-0.25, -0.2) is 0 Å². The van der Waals surface area contributed by atoms with Gasteiger partial charge in [-0.1, -0.05) is 49.7 Å². The maximum atomic E-state index is 6.33. The summed E-state index contributed by atoms with van der Waals surface area (Å²) in [5, 5.41) is 3.75. The molecule has 1 unspecified atom stereocenters. The van der Waals surface area contributed by atoms with Crippen LogP contribution in [0.3, 0.4) is 0 Å². The molecule has 0 amide bonds. The van der Waals surface area contributed by atoms with Crippen LogP contribution in [0.4, 0.5) is 0 Å². The highest BCUT2D eigenvalue weighted by molar-refractivity contribution is 6.32. The standard InChI is InChI=1S/C18H22ClNO/c1-4-13(2)15-7-5-6-8-17(15)21-18-10-9-14(12-20-3)11-16(18)19/h5-11,13,20H,4,12H2,1-3H3. The Balaban J connectivity index is 2.26. The van der Waals surface area contributed by atoms with Crippen molar-refractivity contribution in [3.8, 4) is 11.5 Å². The summed E-state index contributed by atoms with van der Waals surface area (Å²) in [6.07, 6.45) is 1.08. The molecule has 2 aromatic carbocycles. The first-order chi connectivity index (χ1) is 10.2. The maximum Gasteiger partial charge on any atom is 0.146 e. The van der Waals surface area contributed by atoms with E-state index in [0.29, 0.717) is 16.7 Å². The van der Waals surface area contributed by atoms with Gasteiger partial charge >= 0.3 is 0 Å². The maximum absolute atomic E-state index is 6.33. The number of ether oxygens (including phenoxy) is 1. The first-order valence-electron chi connectivity index (χ1n) is 7.35. The van der Waals surface area contributed by atoms with Crippen LogP contribution in [0.25, 0.3) is 0 Å². The van der Waals surface area contributed by atoms with E-state index in [1.807, 2.05) is 43.4 Å². The lowest BCUT2D eigenvalue weighted by Crippen LogP contribution is -2.04. The third kappa shape index (κ3) is 3.99. The summed E-state index contributed by atoms with van der Waals surface area (Å²) in [6.45, 7) is 5.18. The van der Waals surface area contributed by atoms with Crippen LogP contribution in [0, 0.1) is 0 Å². The van der Waals surface area contributed by atoms with Crippen molar-refractivity contribution >= 4 is 11.6 Å². The van der Waals surface area contributed by atoms with Gasteiger partial charge < -0.3 is 10.1 Å². The molecule has 1 N–H and O–H groups in total. The summed E-state index contributed by atoms with van der Waals surface area (Å²) in [7, 11) is 1.92. The van der Waals surface area contributed by atoms with Crippen LogP contribution in [0.15, 0.2) is 42.5 Å². The summed E-state index contributed by atoms with van der Waals surface area (Å²) in [5.41, 5.74) is 2.36. The third-order valence-corrected chi connectivity index (χ3v) is 3.95. The smallest absolute Gasteiger partial charge is 0.146 e. The van der Waals surface area contributed by atoms with E-state index in [4.69, 9.17) is 16.3 Å². The van der Waals surface area contributed by atoms with Crippen LogP contribution in [0.5, 0.6) is 11.5 Å². The molecule has 21 heavy (non-hydrogen) atoms. The summed E-state index contributed by atoms with van der Waals surface area (Å²) < 4.78 is 6.04. The van der Waals surface area contributed by atoms with Gasteiger partial charge in [-0.2, -0.15) is 0 Å². The minimum atomic E-state index is 0.462. The average Bonchev–Trinajstić information content (AvgIpc) is 2.50. The lowest BCUT2D eigenvalue weighted by Gasteiger charge is -2.16. The van der Waals surface area contributed by atoms with Crippen LogP contribution >= 0.6 is 11.6 Å². The van der Waals surface area contributed by atoms with Crippen molar-refractivity contribution in [2.75, 3.05) is 7.05 Å². The van der Waals surface area contributed by atoms with Crippen molar-refractivity contribution < 1.29 is 4.74 Å². The second kappa shape index (κ2) is 7.48. The van der Waals surface area contributed by atoms with Crippen LogP contribution in [0.2, 0.25) is 5.02 Å². The number of hydrogen-bond acceptors (Lipinski definition) is 2. The van der Waals surface area contributed by atoms with Crippen molar-refractivity contribution in [3.63, 3.8) is 0 Å². The monoisotopic (exact) mass is 303 g/mol. The summed E-state index contributed by atoms with van der Waals surface area (Å²) >= 11 is 6.33. The van der Waals surface area contributed by atoms with E-state index in [9.17, 15) is 0 Å². The Kier molecular flexibility index (Phi) is 5.66. The molecule has 1 atom stereocenters. The Labute approximate surface area is 132 Å². The predicted octanol–water partition coefficient (Wildman–Crippen LogP) is 5.37. The fourth-order valence-corrected chi connectivity index (χ4v) is 2.50. The number of rotatable bonds is 6. The fourth-order valence-electron chi connectivity index (χ4n) is 2.26. The molecule has 0 spiro atoms. The van der Waals surface area contributed by atoms with Gasteiger partial charge in [-0.05, 0) is 48.7 Å². The van der Waals surface area contributed by atoms with E-state index in [1.165, 1.54) is 5.56 Å². The SMILES string of the molecule is CCC(C)c1ccccc1Oc1ccc(CNC)cc1Cl. The molecule has 0 saturated carbocycles.